The summed E-state index contributed by atoms with van der Waals surface area (Å²) >= 11 is 0. The van der Waals surface area contributed by atoms with E-state index in [1.807, 2.05) is 0 Å². The van der Waals surface area contributed by atoms with E-state index in [1.54, 1.807) is 0 Å². The van der Waals surface area contributed by atoms with E-state index in [9.17, 15) is 0 Å². The molecular weight excluding hydrogens is 88.1 g/mol. The molecule has 0 aliphatic carbocycles. The maximum Gasteiger partial charge on any atom is 1.00 e. The van der Waals surface area contributed by atoms with Crippen LogP contribution in [0.25, 0.3) is 0 Å². The summed E-state index contributed by atoms with van der Waals surface area (Å²) in [5.74, 6) is 0. The lowest BCUT2D eigenvalue weighted by atomic mass is 10.9. The van der Waals surface area contributed by atoms with Crippen molar-refractivity contribution in [3.05, 3.63) is 0 Å². The largest absolute Gasteiger partial charge is 2.00 e. The van der Waals surface area contributed by atoms with E-state index < -0.39 is 0 Å². The van der Waals surface area contributed by atoms with Gasteiger partial charge in [0, 0.05) is 0 Å². The standard InChI is InChI=1S/C2H2O2.S/c3-1-2-4;/h1-2H;/q;-2/p+2. The van der Waals surface area contributed by atoms with Gasteiger partial charge >= 0.3 is 2.85 Å². The van der Waals surface area contributed by atoms with Gasteiger partial charge in [-0.3, -0.25) is 9.59 Å². The highest BCUT2D eigenvalue weighted by Crippen LogP contribution is 1.12. The van der Waals surface area contributed by atoms with Crippen LogP contribution < -0.4 is 0 Å². The maximum absolute atomic E-state index is 8.81. The Morgan fingerprint density at radius 3 is 1.40 bits per heavy atom. The van der Waals surface area contributed by atoms with E-state index in [2.05, 4.69) is 0 Å². The van der Waals surface area contributed by atoms with Gasteiger partial charge in [-0.1, -0.05) is 0 Å². The molecule has 0 spiro atoms. The monoisotopic (exact) mass is 92.0 g/mol. The molecule has 0 amide bonds. The summed E-state index contributed by atoms with van der Waals surface area (Å²) in [4.78, 5) is 17.6. The highest BCUT2D eigenvalue weighted by molar-refractivity contribution is 7.37. The topological polar surface area (TPSA) is 34.1 Å². The van der Waals surface area contributed by atoms with Gasteiger partial charge in [0.15, 0.2) is 12.6 Å². The quantitative estimate of drug-likeness (QED) is 0.326. The summed E-state index contributed by atoms with van der Waals surface area (Å²) in [5, 5.41) is 0. The molecule has 0 fully saturated rings. The average molecular weight is 92.1 g/mol. The van der Waals surface area contributed by atoms with E-state index in [1.165, 1.54) is 0 Å². The maximum atomic E-state index is 8.81. The fraction of sp³-hybridized carbons (Fsp3) is 0. The zero-order valence-electron chi connectivity index (χ0n) is 4.38. The van der Waals surface area contributed by atoms with Crippen molar-refractivity contribution in [2.45, 2.75) is 0 Å². The summed E-state index contributed by atoms with van der Waals surface area (Å²) in [6.07, 6.45) is 0.389. The fourth-order valence-corrected chi connectivity index (χ4v) is 0. The van der Waals surface area contributed by atoms with E-state index in [-0.39, 0.29) is 28.9 Å². The molecule has 0 saturated carbocycles. The lowest BCUT2D eigenvalue weighted by Crippen LogP contribution is -1.62. The number of hydrogen-bond donors (Lipinski definition) is 0. The van der Waals surface area contributed by atoms with Gasteiger partial charge in [0.2, 0.25) is 0 Å². The zero-order chi connectivity index (χ0) is 3.41. The van der Waals surface area contributed by atoms with Gasteiger partial charge in [-0.15, -0.1) is 0 Å². The van der Waals surface area contributed by atoms with Gasteiger partial charge in [-0.25, -0.2) is 0 Å². The van der Waals surface area contributed by atoms with Gasteiger partial charge in [0.1, 0.15) is 0 Å². The van der Waals surface area contributed by atoms with E-state index in [4.69, 9.17) is 9.59 Å². The zero-order valence-corrected chi connectivity index (χ0v) is 3.20. The molecule has 0 saturated heterocycles. The predicted octanol–water partition coefficient (Wildman–Crippen LogP) is -0.393. The summed E-state index contributed by atoms with van der Waals surface area (Å²) < 4.78 is 0. The molecule has 30 valence electrons. The molecule has 5 heavy (non-hydrogen) atoms. The first-order valence-corrected chi connectivity index (χ1v) is 0.805. The summed E-state index contributed by atoms with van der Waals surface area (Å²) in [7, 11) is 0. The number of rotatable bonds is 1. The van der Waals surface area contributed by atoms with E-state index in [0.29, 0.717) is 0 Å². The number of carbonyl (C=O) groups is 2. The van der Waals surface area contributed by atoms with Crippen molar-refractivity contribution in [2.24, 2.45) is 0 Å². The first-order chi connectivity index (χ1) is 1.91. The van der Waals surface area contributed by atoms with Crippen molar-refractivity contribution < 1.29 is 12.4 Å². The lowest BCUT2D eigenvalue weighted by Gasteiger charge is -2.00. The minimum absolute atomic E-state index is 0. The highest BCUT2D eigenvalue weighted by Gasteiger charge is 1.47. The van der Waals surface area contributed by atoms with Crippen molar-refractivity contribution in [1.82, 2.24) is 0 Å². The molecule has 2 nitrogen and oxygen atoms in total. The molecule has 0 aromatic carbocycles. The van der Waals surface area contributed by atoms with Crippen molar-refractivity contribution in [3.63, 3.8) is 0 Å². The van der Waals surface area contributed by atoms with Crippen molar-refractivity contribution in [3.8, 4) is 0 Å². The molecule has 0 aliphatic rings. The molecule has 0 aliphatic heterocycles. The number of carbonyl (C=O) groups excluding carboxylic acids is 2. The molecule has 0 unspecified atom stereocenters. The first-order valence-electron chi connectivity index (χ1n) is 0.805. The molecule has 0 radical (unpaired) electrons. The van der Waals surface area contributed by atoms with Gasteiger partial charge in [-0.05, 0) is 0 Å². The normalized spacial score (nSPS) is 4.00. The van der Waals surface area contributed by atoms with Crippen LogP contribution in [0.5, 0.6) is 0 Å². The van der Waals surface area contributed by atoms with Crippen LogP contribution in [0.4, 0.5) is 0 Å². The Bertz CT molecular complexity index is 34.7. The molecule has 0 aromatic heterocycles. The Hall–Kier alpha value is -0.310. The van der Waals surface area contributed by atoms with Gasteiger partial charge in [0.05, 0.1) is 0 Å². The third-order valence-electron chi connectivity index (χ3n) is 0.0556. The van der Waals surface area contributed by atoms with Crippen LogP contribution in [0, 0.1) is 0 Å². The molecule has 3 heteroatoms. The van der Waals surface area contributed by atoms with Crippen LogP contribution in [0.2, 0.25) is 0 Å². The minimum atomic E-state index is 0. The first kappa shape index (κ1) is 8.83. The van der Waals surface area contributed by atoms with Gasteiger partial charge in [-0.2, -0.15) is 0 Å². The minimum Gasteiger partial charge on any atom is -2.00 e. The van der Waals surface area contributed by atoms with Crippen LogP contribution in [0.15, 0.2) is 0 Å². The molecular formula is C2H4O2S. The average Bonchev–Trinajstić information content (AvgIpc) is 1.37. The van der Waals surface area contributed by atoms with Crippen LogP contribution in [0.3, 0.4) is 0 Å². The third kappa shape index (κ3) is 22.1. The second kappa shape index (κ2) is 9.35. The van der Waals surface area contributed by atoms with Gasteiger partial charge < -0.3 is 13.5 Å². The number of hydrogen-bond acceptors (Lipinski definition) is 2. The van der Waals surface area contributed by atoms with Crippen molar-refractivity contribution in [2.75, 3.05) is 0 Å². The summed E-state index contributed by atoms with van der Waals surface area (Å²) in [5.41, 5.74) is 0. The van der Waals surface area contributed by atoms with E-state index >= 15 is 0 Å². The molecule has 0 rings (SSSR count). The van der Waals surface area contributed by atoms with Crippen LogP contribution >= 0.6 is 0 Å². The number of aldehydes is 2. The second-order valence-electron chi connectivity index (χ2n) is 0.272. The smallest absolute Gasteiger partial charge is 1.00 e. The van der Waals surface area contributed by atoms with Crippen LogP contribution in [0.1, 0.15) is 2.85 Å². The van der Waals surface area contributed by atoms with Crippen molar-refractivity contribution in [1.29, 1.82) is 0 Å². The Balaban J connectivity index is -0.0000000150. The Labute approximate surface area is 39.6 Å². The van der Waals surface area contributed by atoms with Crippen LogP contribution in [-0.4, -0.2) is 12.6 Å². The van der Waals surface area contributed by atoms with Crippen LogP contribution in [-0.2, 0) is 23.1 Å². The molecule has 0 aromatic rings. The second-order valence-corrected chi connectivity index (χ2v) is 0.272. The summed E-state index contributed by atoms with van der Waals surface area (Å²) in [6, 6.07) is 0. The van der Waals surface area contributed by atoms with Gasteiger partial charge in [0.25, 0.3) is 0 Å². The lowest BCUT2D eigenvalue weighted by molar-refractivity contribution is -0.122. The van der Waals surface area contributed by atoms with E-state index in [0.717, 1.165) is 0 Å². The summed E-state index contributed by atoms with van der Waals surface area (Å²) in [6.45, 7) is 0. The van der Waals surface area contributed by atoms with Crippen molar-refractivity contribution >= 4 is 26.1 Å². The third-order valence-corrected chi connectivity index (χ3v) is 0.0556. The molecule has 0 bridgehead atoms. The highest BCUT2D eigenvalue weighted by atomic mass is 32.1. The Kier molecular flexibility index (Phi) is 16.5. The Morgan fingerprint density at radius 1 is 1.20 bits per heavy atom. The predicted molar refractivity (Wildman–Crippen MR) is 21.7 cm³/mol. The Morgan fingerprint density at radius 2 is 1.40 bits per heavy atom. The SMILES string of the molecule is O=CC=O.[H+].[H+].[S-2]. The molecule has 0 heterocycles. The molecule has 0 N–H and O–H groups in total. The molecule has 0 atom stereocenters. The fourth-order valence-electron chi connectivity index (χ4n) is 0.